The summed E-state index contributed by atoms with van der Waals surface area (Å²) >= 11 is 0. The predicted octanol–water partition coefficient (Wildman–Crippen LogP) is 2.31. The summed E-state index contributed by atoms with van der Waals surface area (Å²) in [6, 6.07) is 4.98. The van der Waals surface area contributed by atoms with E-state index in [4.69, 9.17) is 4.74 Å². The number of sulfonamides is 1. The average Bonchev–Trinajstić information content (AvgIpc) is 3.04. The number of rotatable bonds is 7. The molecule has 0 fully saturated rings. The second kappa shape index (κ2) is 7.86. The molecule has 1 aromatic heterocycles. The second-order valence-electron chi connectivity index (χ2n) is 5.37. The maximum atomic E-state index is 12.5. The molecule has 1 amide bonds. The van der Waals surface area contributed by atoms with Gasteiger partial charge >= 0.3 is 6.18 Å². The Morgan fingerprint density at radius 1 is 1.30 bits per heavy atom. The van der Waals surface area contributed by atoms with E-state index in [9.17, 15) is 26.4 Å². The first kappa shape index (κ1) is 20.6. The lowest BCUT2D eigenvalue weighted by Gasteiger charge is -2.13. The molecule has 0 aliphatic carbocycles. The van der Waals surface area contributed by atoms with Crippen molar-refractivity contribution in [3.63, 3.8) is 0 Å². The van der Waals surface area contributed by atoms with Crippen LogP contribution in [0, 0.1) is 0 Å². The molecule has 0 saturated heterocycles. The van der Waals surface area contributed by atoms with Gasteiger partial charge in [-0.05, 0) is 25.1 Å². The zero-order chi connectivity index (χ0) is 20.2. The molecule has 1 heterocycles. The Kier molecular flexibility index (Phi) is 5.98. The summed E-state index contributed by atoms with van der Waals surface area (Å²) in [7, 11) is -2.19. The fraction of sp³-hybridized carbons (Fsp3) is 0.333. The van der Waals surface area contributed by atoms with Crippen molar-refractivity contribution in [3.05, 3.63) is 36.2 Å². The molecule has 0 saturated carbocycles. The SMILES string of the molecule is CCS(=O)(=O)Nc1ccc(NC(=O)Cn2ccc(C(F)(F)F)n2)cc1OC. The monoisotopic (exact) mass is 406 g/mol. The largest absolute Gasteiger partial charge is 0.494 e. The number of alkyl halides is 3. The van der Waals surface area contributed by atoms with Crippen LogP contribution in [0.3, 0.4) is 0 Å². The maximum absolute atomic E-state index is 12.5. The Morgan fingerprint density at radius 3 is 2.56 bits per heavy atom. The molecule has 0 radical (unpaired) electrons. The summed E-state index contributed by atoms with van der Waals surface area (Å²) in [6.07, 6.45) is -3.54. The quantitative estimate of drug-likeness (QED) is 0.735. The fourth-order valence-electron chi connectivity index (χ4n) is 2.04. The molecule has 1 aromatic carbocycles. The van der Waals surface area contributed by atoms with E-state index in [0.29, 0.717) is 0 Å². The molecule has 2 aromatic rings. The summed E-state index contributed by atoms with van der Waals surface area (Å²) < 4.78 is 69.1. The highest BCUT2D eigenvalue weighted by atomic mass is 32.2. The molecule has 0 unspecified atom stereocenters. The maximum Gasteiger partial charge on any atom is 0.435 e. The molecule has 0 aliphatic rings. The fourth-order valence-corrected chi connectivity index (χ4v) is 2.69. The van der Waals surface area contributed by atoms with Crippen LogP contribution in [0.25, 0.3) is 0 Å². The van der Waals surface area contributed by atoms with Crippen molar-refractivity contribution in [3.8, 4) is 5.75 Å². The average molecular weight is 406 g/mol. The van der Waals surface area contributed by atoms with E-state index >= 15 is 0 Å². The van der Waals surface area contributed by atoms with E-state index in [1.165, 1.54) is 32.2 Å². The Labute approximate surface area is 153 Å². The number of carbonyl (C=O) groups is 1. The van der Waals surface area contributed by atoms with Gasteiger partial charge in [0, 0.05) is 18.0 Å². The number of amides is 1. The van der Waals surface area contributed by atoms with Crippen molar-refractivity contribution < 1.29 is 31.1 Å². The minimum Gasteiger partial charge on any atom is -0.494 e. The first-order valence-electron chi connectivity index (χ1n) is 7.63. The van der Waals surface area contributed by atoms with E-state index in [2.05, 4.69) is 15.1 Å². The van der Waals surface area contributed by atoms with Crippen LogP contribution in [0.2, 0.25) is 0 Å². The van der Waals surface area contributed by atoms with Gasteiger partial charge in [0.2, 0.25) is 15.9 Å². The molecule has 27 heavy (non-hydrogen) atoms. The van der Waals surface area contributed by atoms with Crippen LogP contribution in [-0.2, 0) is 27.5 Å². The molecule has 0 bridgehead atoms. The van der Waals surface area contributed by atoms with Crippen LogP contribution in [0.15, 0.2) is 30.5 Å². The lowest BCUT2D eigenvalue weighted by atomic mass is 10.2. The molecule has 0 aliphatic heterocycles. The van der Waals surface area contributed by atoms with Crippen molar-refractivity contribution >= 4 is 27.3 Å². The third kappa shape index (κ3) is 5.61. The number of anilines is 2. The van der Waals surface area contributed by atoms with Crippen LogP contribution in [0.4, 0.5) is 24.5 Å². The number of hydrogen-bond donors (Lipinski definition) is 2. The number of halogens is 3. The first-order valence-corrected chi connectivity index (χ1v) is 9.28. The van der Waals surface area contributed by atoms with Crippen molar-refractivity contribution in [2.75, 3.05) is 22.9 Å². The van der Waals surface area contributed by atoms with E-state index in [1.807, 2.05) is 0 Å². The van der Waals surface area contributed by atoms with Gasteiger partial charge in [0.1, 0.15) is 12.3 Å². The summed E-state index contributed by atoms with van der Waals surface area (Å²) in [5.41, 5.74) is -0.622. The molecule has 0 spiro atoms. The molecule has 0 atom stereocenters. The van der Waals surface area contributed by atoms with Crippen LogP contribution < -0.4 is 14.8 Å². The van der Waals surface area contributed by atoms with Gasteiger partial charge in [0.05, 0.1) is 18.6 Å². The van der Waals surface area contributed by atoms with Crippen molar-refractivity contribution in [1.82, 2.24) is 9.78 Å². The number of benzene rings is 1. The lowest BCUT2D eigenvalue weighted by molar-refractivity contribution is -0.141. The molecule has 148 valence electrons. The van der Waals surface area contributed by atoms with E-state index in [0.717, 1.165) is 16.9 Å². The predicted molar refractivity (Wildman–Crippen MR) is 91.9 cm³/mol. The van der Waals surface area contributed by atoms with Gasteiger partial charge in [-0.1, -0.05) is 0 Å². The normalized spacial score (nSPS) is 11.9. The summed E-state index contributed by atoms with van der Waals surface area (Å²) in [5.74, 6) is -0.572. The topological polar surface area (TPSA) is 102 Å². The zero-order valence-corrected chi connectivity index (χ0v) is 15.2. The Balaban J connectivity index is 2.08. The zero-order valence-electron chi connectivity index (χ0n) is 14.4. The molecule has 2 N–H and O–H groups in total. The Morgan fingerprint density at radius 2 is 2.00 bits per heavy atom. The van der Waals surface area contributed by atoms with Crippen LogP contribution in [-0.4, -0.2) is 37.0 Å². The summed E-state index contributed by atoms with van der Waals surface area (Å²) in [5, 5.41) is 5.77. The molecule has 12 heteroatoms. The number of nitrogens with zero attached hydrogens (tertiary/aromatic N) is 2. The lowest BCUT2D eigenvalue weighted by Crippen LogP contribution is -2.20. The van der Waals surface area contributed by atoms with E-state index < -0.39 is 34.3 Å². The summed E-state index contributed by atoms with van der Waals surface area (Å²) in [4.78, 5) is 12.0. The standard InChI is InChI=1S/C15H17F3N4O4S/c1-3-27(24,25)21-11-5-4-10(8-12(11)26-2)19-14(23)9-22-7-6-13(20-22)15(16,17)18/h4-8,21H,3,9H2,1-2H3,(H,19,23). The highest BCUT2D eigenvalue weighted by Crippen LogP contribution is 2.29. The van der Waals surface area contributed by atoms with Gasteiger partial charge in [-0.3, -0.25) is 14.2 Å². The second-order valence-corrected chi connectivity index (χ2v) is 7.38. The van der Waals surface area contributed by atoms with Crippen molar-refractivity contribution in [2.24, 2.45) is 0 Å². The molecular weight excluding hydrogens is 389 g/mol. The first-order chi connectivity index (χ1) is 12.5. The van der Waals surface area contributed by atoms with E-state index in [1.54, 1.807) is 0 Å². The summed E-state index contributed by atoms with van der Waals surface area (Å²) in [6.45, 7) is 1.05. The number of methoxy groups -OCH3 is 1. The molecule has 8 nitrogen and oxygen atoms in total. The third-order valence-corrected chi connectivity index (χ3v) is 4.66. The Bertz CT molecular complexity index is 925. The third-order valence-electron chi connectivity index (χ3n) is 3.37. The number of ether oxygens (including phenoxy) is 1. The highest BCUT2D eigenvalue weighted by molar-refractivity contribution is 7.92. The van der Waals surface area contributed by atoms with Gasteiger partial charge in [-0.25, -0.2) is 8.42 Å². The highest BCUT2D eigenvalue weighted by Gasteiger charge is 2.33. The van der Waals surface area contributed by atoms with Crippen LogP contribution in [0.1, 0.15) is 12.6 Å². The van der Waals surface area contributed by atoms with Crippen LogP contribution >= 0.6 is 0 Å². The smallest absolute Gasteiger partial charge is 0.435 e. The molecule has 2 rings (SSSR count). The van der Waals surface area contributed by atoms with Gasteiger partial charge in [0.15, 0.2) is 5.69 Å². The van der Waals surface area contributed by atoms with Crippen molar-refractivity contribution in [1.29, 1.82) is 0 Å². The Hall–Kier alpha value is -2.76. The van der Waals surface area contributed by atoms with Gasteiger partial charge in [-0.15, -0.1) is 0 Å². The van der Waals surface area contributed by atoms with Crippen molar-refractivity contribution in [2.45, 2.75) is 19.6 Å². The minimum atomic E-state index is -4.59. The number of aromatic nitrogens is 2. The molecular formula is C15H17F3N4O4S. The number of carbonyl (C=O) groups excluding carboxylic acids is 1. The number of hydrogen-bond acceptors (Lipinski definition) is 5. The van der Waals surface area contributed by atoms with Gasteiger partial charge in [-0.2, -0.15) is 18.3 Å². The minimum absolute atomic E-state index is 0.127. The number of nitrogens with one attached hydrogen (secondary N) is 2. The van der Waals surface area contributed by atoms with Gasteiger partial charge in [0.25, 0.3) is 0 Å². The van der Waals surface area contributed by atoms with Gasteiger partial charge < -0.3 is 10.1 Å². The van der Waals surface area contributed by atoms with Crippen LogP contribution in [0.5, 0.6) is 5.75 Å². The van der Waals surface area contributed by atoms with E-state index in [-0.39, 0.29) is 22.9 Å².